The van der Waals surface area contributed by atoms with Gasteiger partial charge in [0.2, 0.25) is 0 Å². The van der Waals surface area contributed by atoms with E-state index in [0.29, 0.717) is 24.2 Å². The molecule has 0 saturated heterocycles. The van der Waals surface area contributed by atoms with Crippen molar-refractivity contribution in [2.24, 2.45) is 0 Å². The molecule has 24 heavy (non-hydrogen) atoms. The van der Waals surface area contributed by atoms with Crippen LogP contribution >= 0.6 is 0 Å². The maximum Gasteiger partial charge on any atom is 0.330 e. The van der Waals surface area contributed by atoms with E-state index >= 15 is 0 Å². The molecule has 0 saturated carbocycles. The van der Waals surface area contributed by atoms with Gasteiger partial charge in [0.05, 0.1) is 13.7 Å². The Hall–Kier alpha value is -2.95. The molecule has 0 radical (unpaired) electrons. The number of phenols is 2. The highest BCUT2D eigenvalue weighted by atomic mass is 16.5. The molecular formula is C19H20O5. The number of aryl methyl sites for hydroxylation is 1. The highest BCUT2D eigenvalue weighted by Crippen LogP contribution is 2.24. The lowest BCUT2D eigenvalue weighted by Gasteiger charge is -2.06. The summed E-state index contributed by atoms with van der Waals surface area (Å²) in [5.74, 6) is 0.361. The van der Waals surface area contributed by atoms with Gasteiger partial charge in [0.25, 0.3) is 0 Å². The van der Waals surface area contributed by atoms with Gasteiger partial charge in [-0.2, -0.15) is 0 Å². The second kappa shape index (κ2) is 8.62. The first-order valence-corrected chi connectivity index (χ1v) is 7.59. The van der Waals surface area contributed by atoms with Gasteiger partial charge < -0.3 is 19.7 Å². The topological polar surface area (TPSA) is 76.0 Å². The van der Waals surface area contributed by atoms with E-state index in [1.807, 2.05) is 12.1 Å². The molecule has 2 aromatic carbocycles. The predicted octanol–water partition coefficient (Wildman–Crippen LogP) is 3.30. The molecule has 2 rings (SSSR count). The molecule has 5 heteroatoms. The number of hydrogen-bond donors (Lipinski definition) is 2. The van der Waals surface area contributed by atoms with Crippen LogP contribution in [0.15, 0.2) is 48.5 Å². The van der Waals surface area contributed by atoms with Gasteiger partial charge in [-0.3, -0.25) is 0 Å². The Balaban J connectivity index is 1.80. The highest BCUT2D eigenvalue weighted by molar-refractivity contribution is 5.87. The average molecular weight is 328 g/mol. The Morgan fingerprint density at radius 1 is 1.17 bits per heavy atom. The van der Waals surface area contributed by atoms with E-state index in [0.717, 1.165) is 5.56 Å². The number of carbonyl (C=O) groups excluding carboxylic acids is 1. The summed E-state index contributed by atoms with van der Waals surface area (Å²) in [7, 11) is 1.49. The average Bonchev–Trinajstić information content (AvgIpc) is 2.59. The third-order valence-electron chi connectivity index (χ3n) is 3.44. The number of ether oxygens (including phenoxy) is 2. The van der Waals surface area contributed by atoms with E-state index in [4.69, 9.17) is 9.47 Å². The standard InChI is InChI=1S/C19H20O5/c1-23-18-13-16(20)10-8-15(18)9-11-19(22)24-12-4-6-14-5-2-3-7-17(14)21/h2-3,5,7-11,13,20-21H,4,6,12H2,1H3/b11-9+. The summed E-state index contributed by atoms with van der Waals surface area (Å²) in [4.78, 5) is 11.7. The number of esters is 1. The van der Waals surface area contributed by atoms with Crippen molar-refractivity contribution in [2.75, 3.05) is 13.7 Å². The number of benzene rings is 2. The van der Waals surface area contributed by atoms with Gasteiger partial charge in [-0.15, -0.1) is 0 Å². The number of phenolic OH excluding ortho intramolecular Hbond substituents is 2. The summed E-state index contributed by atoms with van der Waals surface area (Å²) >= 11 is 0. The monoisotopic (exact) mass is 328 g/mol. The highest BCUT2D eigenvalue weighted by Gasteiger charge is 2.04. The third-order valence-corrected chi connectivity index (χ3v) is 3.44. The van der Waals surface area contributed by atoms with Crippen molar-refractivity contribution >= 4 is 12.0 Å². The summed E-state index contributed by atoms with van der Waals surface area (Å²) in [5, 5.41) is 19.0. The van der Waals surface area contributed by atoms with E-state index in [1.165, 1.54) is 25.3 Å². The summed E-state index contributed by atoms with van der Waals surface area (Å²) < 4.78 is 10.3. The predicted molar refractivity (Wildman–Crippen MR) is 91.1 cm³/mol. The lowest BCUT2D eigenvalue weighted by atomic mass is 10.1. The number of carbonyl (C=O) groups is 1. The van der Waals surface area contributed by atoms with Crippen LogP contribution in [-0.2, 0) is 16.0 Å². The van der Waals surface area contributed by atoms with Crippen LogP contribution in [0.1, 0.15) is 17.5 Å². The van der Waals surface area contributed by atoms with Crippen LogP contribution in [-0.4, -0.2) is 29.9 Å². The molecule has 0 unspecified atom stereocenters. The Labute approximate surface area is 140 Å². The van der Waals surface area contributed by atoms with E-state index in [1.54, 1.807) is 24.3 Å². The first-order valence-electron chi connectivity index (χ1n) is 7.59. The van der Waals surface area contributed by atoms with Gasteiger partial charge in [-0.25, -0.2) is 4.79 Å². The Kier molecular flexibility index (Phi) is 6.25. The van der Waals surface area contributed by atoms with Crippen molar-refractivity contribution in [1.82, 2.24) is 0 Å². The molecule has 126 valence electrons. The smallest absolute Gasteiger partial charge is 0.330 e. The van der Waals surface area contributed by atoms with Gasteiger partial charge in [-0.1, -0.05) is 18.2 Å². The molecule has 0 heterocycles. The molecule has 0 spiro atoms. The van der Waals surface area contributed by atoms with Crippen LogP contribution in [0, 0.1) is 0 Å². The lowest BCUT2D eigenvalue weighted by Crippen LogP contribution is -2.03. The minimum absolute atomic E-state index is 0.0933. The van der Waals surface area contributed by atoms with Crippen molar-refractivity contribution in [3.05, 3.63) is 59.7 Å². The number of rotatable bonds is 7. The van der Waals surface area contributed by atoms with Crippen LogP contribution in [0.5, 0.6) is 17.2 Å². The van der Waals surface area contributed by atoms with E-state index in [9.17, 15) is 15.0 Å². The molecular weight excluding hydrogens is 308 g/mol. The van der Waals surface area contributed by atoms with Gasteiger partial charge in [0, 0.05) is 17.7 Å². The maximum atomic E-state index is 11.7. The molecule has 0 aromatic heterocycles. The van der Waals surface area contributed by atoms with Crippen LogP contribution < -0.4 is 4.74 Å². The minimum Gasteiger partial charge on any atom is -0.508 e. The fourth-order valence-corrected chi connectivity index (χ4v) is 2.20. The van der Waals surface area contributed by atoms with E-state index in [2.05, 4.69) is 0 Å². The van der Waals surface area contributed by atoms with Crippen molar-refractivity contribution in [3.63, 3.8) is 0 Å². The maximum absolute atomic E-state index is 11.7. The van der Waals surface area contributed by atoms with Crippen molar-refractivity contribution in [3.8, 4) is 17.2 Å². The van der Waals surface area contributed by atoms with E-state index in [-0.39, 0.29) is 18.1 Å². The normalized spacial score (nSPS) is 10.7. The van der Waals surface area contributed by atoms with Gasteiger partial charge in [0.1, 0.15) is 17.2 Å². The molecule has 0 aliphatic heterocycles. The van der Waals surface area contributed by atoms with Crippen LogP contribution in [0.25, 0.3) is 6.08 Å². The molecule has 2 aromatic rings. The van der Waals surface area contributed by atoms with Crippen LogP contribution in [0.2, 0.25) is 0 Å². The SMILES string of the molecule is COc1cc(O)ccc1/C=C/C(=O)OCCCc1ccccc1O. The van der Waals surface area contributed by atoms with Crippen molar-refractivity contribution in [2.45, 2.75) is 12.8 Å². The Bertz CT molecular complexity index is 721. The minimum atomic E-state index is -0.456. The lowest BCUT2D eigenvalue weighted by molar-refractivity contribution is -0.137. The zero-order chi connectivity index (χ0) is 17.4. The fraction of sp³-hybridized carbons (Fsp3) is 0.211. The first-order chi connectivity index (χ1) is 11.6. The molecule has 0 bridgehead atoms. The van der Waals surface area contributed by atoms with Crippen molar-refractivity contribution < 1.29 is 24.5 Å². The van der Waals surface area contributed by atoms with Crippen LogP contribution in [0.3, 0.4) is 0 Å². The zero-order valence-electron chi connectivity index (χ0n) is 13.4. The molecule has 0 aliphatic carbocycles. The Morgan fingerprint density at radius 3 is 2.71 bits per heavy atom. The summed E-state index contributed by atoms with van der Waals surface area (Å²) in [5.41, 5.74) is 1.50. The number of methoxy groups -OCH3 is 1. The molecule has 0 amide bonds. The Morgan fingerprint density at radius 2 is 1.96 bits per heavy atom. The summed E-state index contributed by atoms with van der Waals surface area (Å²) in [6.07, 6.45) is 4.15. The van der Waals surface area contributed by atoms with Crippen molar-refractivity contribution in [1.29, 1.82) is 0 Å². The molecule has 2 N–H and O–H groups in total. The van der Waals surface area contributed by atoms with Crippen LogP contribution in [0.4, 0.5) is 0 Å². The number of aromatic hydroxyl groups is 2. The quantitative estimate of drug-likeness (QED) is 0.463. The van der Waals surface area contributed by atoms with Gasteiger partial charge >= 0.3 is 5.97 Å². The summed E-state index contributed by atoms with van der Waals surface area (Å²) in [6, 6.07) is 11.7. The fourth-order valence-electron chi connectivity index (χ4n) is 2.20. The third kappa shape index (κ3) is 5.05. The largest absolute Gasteiger partial charge is 0.508 e. The molecule has 0 fully saturated rings. The first kappa shape index (κ1) is 17.4. The zero-order valence-corrected chi connectivity index (χ0v) is 13.4. The molecule has 0 aliphatic rings. The molecule has 0 atom stereocenters. The number of para-hydroxylation sites is 1. The number of hydrogen-bond acceptors (Lipinski definition) is 5. The second-order valence-corrected chi connectivity index (χ2v) is 5.16. The second-order valence-electron chi connectivity index (χ2n) is 5.16. The van der Waals surface area contributed by atoms with Gasteiger partial charge in [0.15, 0.2) is 0 Å². The van der Waals surface area contributed by atoms with E-state index < -0.39 is 5.97 Å². The molecule has 5 nitrogen and oxygen atoms in total. The summed E-state index contributed by atoms with van der Waals surface area (Å²) in [6.45, 7) is 0.268. The van der Waals surface area contributed by atoms with Gasteiger partial charge in [-0.05, 0) is 42.7 Å².